The van der Waals surface area contributed by atoms with Gasteiger partial charge >= 0.3 is 0 Å². The summed E-state index contributed by atoms with van der Waals surface area (Å²) in [6.45, 7) is 1.78. The summed E-state index contributed by atoms with van der Waals surface area (Å²) >= 11 is 0. The van der Waals surface area contributed by atoms with Crippen molar-refractivity contribution in [3.8, 4) is 0 Å². The number of carbonyl (C=O) groups excluding carboxylic acids is 1. The number of ether oxygens (including phenoxy) is 1. The minimum atomic E-state index is -0.521. The molecule has 2 rings (SSSR count). The molecule has 2 atom stereocenters. The van der Waals surface area contributed by atoms with Gasteiger partial charge in [-0.2, -0.15) is 0 Å². The van der Waals surface area contributed by atoms with Crippen molar-refractivity contribution in [2.75, 3.05) is 19.7 Å². The third-order valence-corrected chi connectivity index (χ3v) is 3.14. The summed E-state index contributed by atoms with van der Waals surface area (Å²) in [6, 6.07) is 9.54. The van der Waals surface area contributed by atoms with Gasteiger partial charge in [-0.15, -0.1) is 12.4 Å². The van der Waals surface area contributed by atoms with Gasteiger partial charge in [0, 0.05) is 6.54 Å². The largest absolute Gasteiger partial charge is 0.390 e. The molecule has 0 spiro atoms. The van der Waals surface area contributed by atoms with E-state index in [1.54, 1.807) is 0 Å². The quantitative estimate of drug-likeness (QED) is 0.739. The van der Waals surface area contributed by atoms with E-state index >= 15 is 0 Å². The monoisotopic (exact) mass is 300 g/mol. The maximum absolute atomic E-state index is 11.7. The number of aliphatic hydroxyl groups is 1. The van der Waals surface area contributed by atoms with E-state index in [0.717, 1.165) is 18.5 Å². The first kappa shape index (κ1) is 16.9. The van der Waals surface area contributed by atoms with Crippen LogP contribution in [0.15, 0.2) is 30.3 Å². The summed E-state index contributed by atoms with van der Waals surface area (Å²) in [5.74, 6) is -0.179. The fourth-order valence-electron chi connectivity index (χ4n) is 2.09. The first-order valence-electron chi connectivity index (χ1n) is 6.55. The molecule has 1 aliphatic rings. The molecule has 1 saturated heterocycles. The zero-order chi connectivity index (χ0) is 13.5. The van der Waals surface area contributed by atoms with Gasteiger partial charge in [0.25, 0.3) is 0 Å². The molecule has 1 heterocycles. The van der Waals surface area contributed by atoms with E-state index < -0.39 is 6.10 Å². The van der Waals surface area contributed by atoms with Crippen LogP contribution in [0.2, 0.25) is 0 Å². The normalized spacial score (nSPS) is 21.9. The van der Waals surface area contributed by atoms with Gasteiger partial charge in [0.2, 0.25) is 5.91 Å². The Morgan fingerprint density at radius 1 is 1.40 bits per heavy atom. The molecule has 6 heteroatoms. The molecule has 1 aromatic carbocycles. The van der Waals surface area contributed by atoms with Crippen molar-refractivity contribution in [1.29, 1.82) is 0 Å². The van der Waals surface area contributed by atoms with Crippen LogP contribution in [0.25, 0.3) is 0 Å². The number of carbonyl (C=O) groups is 1. The molecule has 1 amide bonds. The Hall–Kier alpha value is -1.14. The molecule has 5 nitrogen and oxygen atoms in total. The average molecular weight is 301 g/mol. The number of amides is 1. The Kier molecular flexibility index (Phi) is 7.54. The highest BCUT2D eigenvalue weighted by Crippen LogP contribution is 2.04. The van der Waals surface area contributed by atoms with Crippen molar-refractivity contribution in [1.82, 2.24) is 10.6 Å². The highest BCUT2D eigenvalue weighted by molar-refractivity contribution is 5.85. The number of rotatable bonds is 5. The number of benzene rings is 1. The Morgan fingerprint density at radius 2 is 2.15 bits per heavy atom. The van der Waals surface area contributed by atoms with Crippen LogP contribution in [0.4, 0.5) is 0 Å². The predicted octanol–water partition coefficient (Wildman–Crippen LogP) is 0.464. The van der Waals surface area contributed by atoms with Crippen LogP contribution in [0.5, 0.6) is 0 Å². The van der Waals surface area contributed by atoms with Crippen LogP contribution in [-0.2, 0) is 16.1 Å². The molecule has 0 saturated carbocycles. The second kappa shape index (κ2) is 8.92. The molecule has 3 N–H and O–H groups in total. The second-order valence-electron chi connectivity index (χ2n) is 4.71. The lowest BCUT2D eigenvalue weighted by Crippen LogP contribution is -2.53. The van der Waals surface area contributed by atoms with Crippen LogP contribution in [-0.4, -0.2) is 42.9 Å². The van der Waals surface area contributed by atoms with Gasteiger partial charge < -0.3 is 20.5 Å². The van der Waals surface area contributed by atoms with Crippen LogP contribution in [0, 0.1) is 0 Å². The summed E-state index contributed by atoms with van der Waals surface area (Å²) in [6.07, 6.45) is 0.220. The van der Waals surface area contributed by atoms with Crippen LogP contribution >= 0.6 is 12.4 Å². The number of halogens is 1. The van der Waals surface area contributed by atoms with E-state index in [-0.39, 0.29) is 31.0 Å². The van der Waals surface area contributed by atoms with Crippen molar-refractivity contribution in [2.45, 2.75) is 25.2 Å². The summed E-state index contributed by atoms with van der Waals surface area (Å²) < 4.78 is 5.35. The van der Waals surface area contributed by atoms with Gasteiger partial charge in [0.15, 0.2) is 0 Å². The van der Waals surface area contributed by atoms with E-state index in [9.17, 15) is 9.90 Å². The molecule has 1 aliphatic heterocycles. The highest BCUT2D eigenvalue weighted by Gasteiger charge is 2.23. The number of piperidine rings is 1. The van der Waals surface area contributed by atoms with Gasteiger partial charge in [0.1, 0.15) is 6.61 Å². The third-order valence-electron chi connectivity index (χ3n) is 3.14. The fraction of sp³-hybridized carbons (Fsp3) is 0.500. The van der Waals surface area contributed by atoms with Crippen molar-refractivity contribution >= 4 is 18.3 Å². The van der Waals surface area contributed by atoms with E-state index in [1.807, 2.05) is 30.3 Å². The SMILES string of the molecule is Cl.O=C(COCc1ccccc1)N[C@@H]1CCNC[C@H]1O. The fourth-order valence-corrected chi connectivity index (χ4v) is 2.09. The first-order valence-corrected chi connectivity index (χ1v) is 6.55. The second-order valence-corrected chi connectivity index (χ2v) is 4.71. The van der Waals surface area contributed by atoms with E-state index in [4.69, 9.17) is 4.74 Å². The van der Waals surface area contributed by atoms with Crippen molar-refractivity contribution in [3.05, 3.63) is 35.9 Å². The molecular weight excluding hydrogens is 280 g/mol. The van der Waals surface area contributed by atoms with Gasteiger partial charge in [0.05, 0.1) is 18.8 Å². The predicted molar refractivity (Wildman–Crippen MR) is 78.8 cm³/mol. The lowest BCUT2D eigenvalue weighted by Gasteiger charge is -2.28. The van der Waals surface area contributed by atoms with Crippen LogP contribution < -0.4 is 10.6 Å². The molecule has 0 bridgehead atoms. The number of hydrogen-bond donors (Lipinski definition) is 3. The standard InChI is InChI=1S/C14H20N2O3.ClH/c17-13-8-15-7-6-12(13)16-14(18)10-19-9-11-4-2-1-3-5-11;/h1-5,12-13,15,17H,6-10H2,(H,16,18);1H/t12-,13-;/m1./s1. The molecular formula is C14H21ClN2O3. The maximum Gasteiger partial charge on any atom is 0.246 e. The summed E-state index contributed by atoms with van der Waals surface area (Å²) in [7, 11) is 0. The number of nitrogens with one attached hydrogen (secondary N) is 2. The molecule has 0 unspecified atom stereocenters. The molecule has 112 valence electrons. The molecule has 20 heavy (non-hydrogen) atoms. The number of aliphatic hydroxyl groups excluding tert-OH is 1. The van der Waals surface area contributed by atoms with Crippen molar-refractivity contribution in [2.24, 2.45) is 0 Å². The highest BCUT2D eigenvalue weighted by atomic mass is 35.5. The topological polar surface area (TPSA) is 70.6 Å². The number of β-amino-alcohol motifs (C(OH)–C–C–N with tert-alkyl or cyclic N) is 1. The van der Waals surface area contributed by atoms with Gasteiger partial charge in [-0.05, 0) is 18.5 Å². The van der Waals surface area contributed by atoms with Crippen LogP contribution in [0.1, 0.15) is 12.0 Å². The third kappa shape index (κ3) is 5.46. The van der Waals surface area contributed by atoms with Gasteiger partial charge in [-0.25, -0.2) is 0 Å². The van der Waals surface area contributed by atoms with Crippen molar-refractivity contribution < 1.29 is 14.6 Å². The van der Waals surface area contributed by atoms with Gasteiger partial charge in [-0.3, -0.25) is 4.79 Å². The Bertz CT molecular complexity index is 403. The molecule has 0 aliphatic carbocycles. The van der Waals surface area contributed by atoms with E-state index in [1.165, 1.54) is 0 Å². The molecule has 1 fully saturated rings. The molecule has 1 aromatic rings. The maximum atomic E-state index is 11.7. The van der Waals surface area contributed by atoms with Crippen LogP contribution in [0.3, 0.4) is 0 Å². The van der Waals surface area contributed by atoms with E-state index in [0.29, 0.717) is 13.2 Å². The lowest BCUT2D eigenvalue weighted by molar-refractivity contribution is -0.127. The summed E-state index contributed by atoms with van der Waals surface area (Å²) in [5.41, 5.74) is 1.04. The molecule has 0 radical (unpaired) electrons. The van der Waals surface area contributed by atoms with E-state index in [2.05, 4.69) is 10.6 Å². The zero-order valence-electron chi connectivity index (χ0n) is 11.2. The molecule has 0 aromatic heterocycles. The zero-order valence-corrected chi connectivity index (χ0v) is 12.1. The Morgan fingerprint density at radius 3 is 2.85 bits per heavy atom. The minimum absolute atomic E-state index is 0. The summed E-state index contributed by atoms with van der Waals surface area (Å²) in [5, 5.41) is 15.6. The van der Waals surface area contributed by atoms with Gasteiger partial charge in [-0.1, -0.05) is 30.3 Å². The number of hydrogen-bond acceptors (Lipinski definition) is 4. The van der Waals surface area contributed by atoms with Crippen molar-refractivity contribution in [3.63, 3.8) is 0 Å². The lowest BCUT2D eigenvalue weighted by atomic mass is 10.0. The smallest absolute Gasteiger partial charge is 0.246 e. The Labute approximate surface area is 125 Å². The average Bonchev–Trinajstić information content (AvgIpc) is 2.43. The summed E-state index contributed by atoms with van der Waals surface area (Å²) in [4.78, 5) is 11.7. The minimum Gasteiger partial charge on any atom is -0.390 e. The Balaban J connectivity index is 0.00000200. The first-order chi connectivity index (χ1) is 9.25.